The van der Waals surface area contributed by atoms with Gasteiger partial charge in [-0.1, -0.05) is 69.4 Å². The number of hydrogen-bond donors (Lipinski definition) is 0. The molecule has 4 heterocycles. The predicted octanol–water partition coefficient (Wildman–Crippen LogP) is 4.48. The molecule has 0 spiro atoms. The van der Waals surface area contributed by atoms with Crippen LogP contribution >= 0.6 is 39.0 Å². The van der Waals surface area contributed by atoms with E-state index in [1.807, 2.05) is 35.2 Å². The number of amides is 3. The summed E-state index contributed by atoms with van der Waals surface area (Å²) in [5, 5.41) is -0.0582. The molecular weight excluding hydrogens is 574 g/mol. The van der Waals surface area contributed by atoms with Gasteiger partial charge in [0.15, 0.2) is 0 Å². The van der Waals surface area contributed by atoms with Gasteiger partial charge in [0.05, 0.1) is 16.6 Å². The van der Waals surface area contributed by atoms with Crippen LogP contribution in [0.3, 0.4) is 0 Å². The van der Waals surface area contributed by atoms with Gasteiger partial charge in [0, 0.05) is 28.4 Å². The minimum absolute atomic E-state index is 0.0508. The zero-order chi connectivity index (χ0) is 25.7. The Hall–Kier alpha value is -2.69. The molecule has 0 radical (unpaired) electrons. The van der Waals surface area contributed by atoms with Crippen molar-refractivity contribution in [2.24, 2.45) is 5.92 Å². The highest BCUT2D eigenvalue weighted by atomic mass is 79.9. The third-order valence-electron chi connectivity index (χ3n) is 7.27. The molecule has 3 aromatic rings. The first-order chi connectivity index (χ1) is 17.9. The zero-order valence-electron chi connectivity index (χ0n) is 19.8. The summed E-state index contributed by atoms with van der Waals surface area (Å²) in [6.45, 7) is 1.36. The van der Waals surface area contributed by atoms with E-state index in [9.17, 15) is 19.2 Å². The van der Waals surface area contributed by atoms with Crippen molar-refractivity contribution in [2.45, 2.75) is 42.0 Å². The number of hydrogen-bond acceptors (Lipinski definition) is 6. The van der Waals surface area contributed by atoms with Crippen molar-refractivity contribution in [1.82, 2.24) is 9.47 Å². The van der Waals surface area contributed by atoms with Crippen LogP contribution in [0.2, 0.25) is 0 Å². The van der Waals surface area contributed by atoms with Gasteiger partial charge >= 0.3 is 4.87 Å². The number of thiazole rings is 1. The Morgan fingerprint density at radius 1 is 0.946 bits per heavy atom. The van der Waals surface area contributed by atoms with Crippen molar-refractivity contribution in [2.75, 3.05) is 18.0 Å². The Kier molecular flexibility index (Phi) is 6.58. The van der Waals surface area contributed by atoms with Crippen LogP contribution in [-0.2, 0) is 20.9 Å². The van der Waals surface area contributed by atoms with Crippen molar-refractivity contribution in [1.29, 1.82) is 0 Å². The molecule has 10 heteroatoms. The van der Waals surface area contributed by atoms with Crippen LogP contribution in [0.25, 0.3) is 0 Å². The second-order valence-corrected chi connectivity index (χ2v) is 12.5. The number of para-hydroxylation sites is 1. The number of imide groups is 1. The van der Waals surface area contributed by atoms with Crippen LogP contribution in [0.15, 0.2) is 68.9 Å². The number of piperidine rings is 1. The summed E-state index contributed by atoms with van der Waals surface area (Å²) in [5.74, 6) is -1.74. The number of carbonyl (C=O) groups excluding carboxylic acids is 3. The van der Waals surface area contributed by atoms with Gasteiger partial charge in [0.2, 0.25) is 17.7 Å². The minimum Gasteiger partial charge on any atom is -0.341 e. The quantitative estimate of drug-likeness (QED) is 0.414. The van der Waals surface area contributed by atoms with Gasteiger partial charge in [-0.2, -0.15) is 0 Å². The average molecular weight is 599 g/mol. The number of nitrogens with zero attached hydrogens (tertiary/aromatic N) is 3. The van der Waals surface area contributed by atoms with Crippen molar-refractivity contribution in [3.05, 3.63) is 79.2 Å². The number of likely N-dealkylation sites (tertiary alicyclic amines) is 1. The fourth-order valence-electron chi connectivity index (χ4n) is 5.52. The Bertz CT molecular complexity index is 1450. The molecule has 190 valence electrons. The molecule has 3 unspecified atom stereocenters. The second kappa shape index (κ2) is 9.89. The molecule has 1 aromatic heterocycles. The SMILES string of the molecule is O=C(Cn1c2c(sc1=O)C(c1cccc(Br)c1)C1C(=O)N(c3ccccc3)C(=O)C1S2)N1CCCCC1. The maximum atomic E-state index is 13.8. The fraction of sp³-hybridized carbons (Fsp3) is 0.333. The Balaban J connectivity index is 1.44. The Morgan fingerprint density at radius 3 is 2.43 bits per heavy atom. The van der Waals surface area contributed by atoms with E-state index >= 15 is 0 Å². The van der Waals surface area contributed by atoms with Gasteiger partial charge in [-0.25, -0.2) is 4.90 Å². The number of benzene rings is 2. The molecule has 3 atom stereocenters. The van der Waals surface area contributed by atoms with E-state index in [1.165, 1.54) is 21.2 Å². The molecule has 0 bridgehead atoms. The van der Waals surface area contributed by atoms with Crippen LogP contribution in [0, 0.1) is 5.92 Å². The number of carbonyl (C=O) groups is 3. The predicted molar refractivity (Wildman–Crippen MR) is 147 cm³/mol. The van der Waals surface area contributed by atoms with E-state index in [0.29, 0.717) is 23.8 Å². The molecule has 0 N–H and O–H groups in total. The van der Waals surface area contributed by atoms with Gasteiger partial charge in [-0.05, 0) is 49.1 Å². The molecule has 2 saturated heterocycles. The third-order valence-corrected chi connectivity index (χ3v) is 10.4. The molecule has 0 saturated carbocycles. The fourth-order valence-corrected chi connectivity index (χ4v) is 8.71. The molecule has 7 nitrogen and oxygen atoms in total. The van der Waals surface area contributed by atoms with Crippen LogP contribution in [0.4, 0.5) is 5.69 Å². The summed E-state index contributed by atoms with van der Waals surface area (Å²) in [6.07, 6.45) is 3.05. The number of rotatable bonds is 4. The highest BCUT2D eigenvalue weighted by molar-refractivity contribution is 9.10. The lowest BCUT2D eigenvalue weighted by atomic mass is 9.83. The summed E-state index contributed by atoms with van der Waals surface area (Å²) < 4.78 is 2.37. The molecular formula is C27H24BrN3O4S2. The maximum absolute atomic E-state index is 13.8. The number of anilines is 1. The van der Waals surface area contributed by atoms with Crippen LogP contribution in [-0.4, -0.2) is 45.5 Å². The normalized spacial score (nSPS) is 23.2. The van der Waals surface area contributed by atoms with Crippen molar-refractivity contribution in [3.8, 4) is 0 Å². The summed E-state index contributed by atoms with van der Waals surface area (Å²) in [5.41, 5.74) is 1.40. The molecule has 3 aliphatic rings. The van der Waals surface area contributed by atoms with Crippen LogP contribution in [0.5, 0.6) is 0 Å². The molecule has 2 aromatic carbocycles. The summed E-state index contributed by atoms with van der Waals surface area (Å²) in [4.78, 5) is 57.5. The highest BCUT2D eigenvalue weighted by Gasteiger charge is 2.56. The van der Waals surface area contributed by atoms with Gasteiger partial charge in [0.25, 0.3) is 0 Å². The van der Waals surface area contributed by atoms with Gasteiger partial charge in [0.1, 0.15) is 11.8 Å². The maximum Gasteiger partial charge on any atom is 0.308 e. The number of halogens is 1. The van der Waals surface area contributed by atoms with E-state index in [-0.39, 0.29) is 29.1 Å². The summed E-state index contributed by atoms with van der Waals surface area (Å²) in [7, 11) is 0. The number of fused-ring (bicyclic) bond motifs is 2. The van der Waals surface area contributed by atoms with Crippen molar-refractivity contribution in [3.63, 3.8) is 0 Å². The van der Waals surface area contributed by atoms with E-state index in [1.54, 1.807) is 24.3 Å². The van der Waals surface area contributed by atoms with Crippen molar-refractivity contribution < 1.29 is 14.4 Å². The summed E-state index contributed by atoms with van der Waals surface area (Å²) in [6, 6.07) is 16.6. The molecule has 6 rings (SSSR count). The number of thioether (sulfide) groups is 1. The first-order valence-corrected chi connectivity index (χ1v) is 14.8. The van der Waals surface area contributed by atoms with Crippen LogP contribution in [0.1, 0.15) is 35.6 Å². The second-order valence-electron chi connectivity index (χ2n) is 9.51. The number of aromatic nitrogens is 1. The van der Waals surface area contributed by atoms with Gasteiger partial charge in [-0.15, -0.1) is 0 Å². The van der Waals surface area contributed by atoms with Gasteiger partial charge < -0.3 is 4.90 Å². The highest BCUT2D eigenvalue weighted by Crippen LogP contribution is 2.54. The molecule has 3 aliphatic heterocycles. The standard InChI is InChI=1S/C27H24BrN3O4S2/c28-17-9-7-8-16(14-17)20-21-22(25(34)31(24(21)33)18-10-3-1-4-11-18)36-26-23(20)37-27(35)30(26)15-19(32)29-12-5-2-6-13-29/h1,3-4,7-11,14,20-22H,2,5-6,12-13,15H2. The molecule has 37 heavy (non-hydrogen) atoms. The molecule has 3 amide bonds. The smallest absolute Gasteiger partial charge is 0.308 e. The Labute approximate surface area is 230 Å². The van der Waals surface area contributed by atoms with E-state index < -0.39 is 17.1 Å². The lowest BCUT2D eigenvalue weighted by molar-refractivity contribution is -0.133. The molecule has 0 aliphatic carbocycles. The lowest BCUT2D eigenvalue weighted by Gasteiger charge is -2.31. The van der Waals surface area contributed by atoms with Gasteiger partial charge in [-0.3, -0.25) is 23.7 Å². The largest absolute Gasteiger partial charge is 0.341 e. The van der Waals surface area contributed by atoms with E-state index in [2.05, 4.69) is 15.9 Å². The zero-order valence-corrected chi connectivity index (χ0v) is 23.1. The lowest BCUT2D eigenvalue weighted by Crippen LogP contribution is -2.39. The first kappa shape index (κ1) is 24.6. The molecule has 2 fully saturated rings. The summed E-state index contributed by atoms with van der Waals surface area (Å²) >= 11 is 5.87. The topological polar surface area (TPSA) is 79.7 Å². The average Bonchev–Trinajstić information content (AvgIpc) is 3.35. The van der Waals surface area contributed by atoms with E-state index in [4.69, 9.17) is 0 Å². The minimum atomic E-state index is -0.686. The first-order valence-electron chi connectivity index (χ1n) is 12.3. The van der Waals surface area contributed by atoms with Crippen LogP contribution < -0.4 is 9.77 Å². The van der Waals surface area contributed by atoms with Crippen molar-refractivity contribution >= 4 is 62.4 Å². The Morgan fingerprint density at radius 2 is 1.70 bits per heavy atom. The monoisotopic (exact) mass is 597 g/mol. The van der Waals surface area contributed by atoms with E-state index in [0.717, 1.165) is 45.5 Å². The third kappa shape index (κ3) is 4.28.